The molecule has 0 saturated heterocycles. The van der Waals surface area contributed by atoms with Crippen LogP contribution in [-0.4, -0.2) is 27.3 Å². The zero-order chi connectivity index (χ0) is 9.83. The van der Waals surface area contributed by atoms with Crippen LogP contribution in [0, 0.1) is 0 Å². The Kier molecular flexibility index (Phi) is 5.55. The van der Waals surface area contributed by atoms with E-state index in [0.29, 0.717) is 0 Å². The predicted octanol–water partition coefficient (Wildman–Crippen LogP) is 2.99. The third-order valence-electron chi connectivity index (χ3n) is 1.06. The summed E-state index contributed by atoms with van der Waals surface area (Å²) in [6, 6.07) is 0. The maximum Gasteiger partial charge on any atom is 0.252 e. The van der Waals surface area contributed by atoms with Gasteiger partial charge < -0.3 is 8.85 Å². The third-order valence-corrected chi connectivity index (χ3v) is 3.96. The molecule has 0 aliphatic rings. The van der Waals surface area contributed by atoms with Crippen LogP contribution in [-0.2, 0) is 8.85 Å². The minimum absolute atomic E-state index is 0.756. The van der Waals surface area contributed by atoms with E-state index in [9.17, 15) is 0 Å². The smallest absolute Gasteiger partial charge is 0.252 e. The van der Waals surface area contributed by atoms with Gasteiger partial charge in [-0.1, -0.05) is 21.8 Å². The number of rotatable bonds is 5. The highest BCUT2D eigenvalue weighted by Gasteiger charge is 2.18. The SMILES string of the molecule is C[Si](C)(C)OCCO[Si](C)(C)I. The molecule has 0 saturated carbocycles. The first-order valence-corrected chi connectivity index (χ1v) is 13.6. The molecule has 12 heavy (non-hydrogen) atoms. The van der Waals surface area contributed by atoms with Crippen molar-refractivity contribution >= 4 is 35.9 Å². The molecular weight excluding hydrogens is 299 g/mol. The Hall–Kier alpha value is 1.08. The molecule has 0 fully saturated rings. The van der Waals surface area contributed by atoms with Crippen molar-refractivity contribution in [3.05, 3.63) is 0 Å². The van der Waals surface area contributed by atoms with Crippen LogP contribution in [0.4, 0.5) is 0 Å². The first-order valence-electron chi connectivity index (χ1n) is 4.17. The largest absolute Gasteiger partial charge is 0.415 e. The molecule has 0 aromatic rings. The van der Waals surface area contributed by atoms with Crippen molar-refractivity contribution in [2.45, 2.75) is 32.7 Å². The van der Waals surface area contributed by atoms with Crippen LogP contribution in [0.3, 0.4) is 0 Å². The molecule has 0 aliphatic heterocycles. The summed E-state index contributed by atoms with van der Waals surface area (Å²) in [6.07, 6.45) is 0. The molecule has 0 aromatic heterocycles. The van der Waals surface area contributed by atoms with Gasteiger partial charge in [0.2, 0.25) is 0 Å². The predicted molar refractivity (Wildman–Crippen MR) is 66.8 cm³/mol. The van der Waals surface area contributed by atoms with Gasteiger partial charge in [0.15, 0.2) is 8.32 Å². The second-order valence-electron chi connectivity index (χ2n) is 4.17. The highest BCUT2D eigenvalue weighted by Crippen LogP contribution is 2.12. The number of hydrogen-bond acceptors (Lipinski definition) is 2. The van der Waals surface area contributed by atoms with Crippen LogP contribution in [0.15, 0.2) is 0 Å². The van der Waals surface area contributed by atoms with Gasteiger partial charge in [0.25, 0.3) is 5.81 Å². The molecular formula is C7H19IO2Si2. The topological polar surface area (TPSA) is 18.5 Å². The monoisotopic (exact) mass is 318 g/mol. The molecule has 0 aliphatic carbocycles. The molecule has 0 radical (unpaired) electrons. The van der Waals surface area contributed by atoms with Crippen molar-refractivity contribution in [1.29, 1.82) is 0 Å². The number of halogens is 1. The van der Waals surface area contributed by atoms with Gasteiger partial charge in [0, 0.05) is 0 Å². The Labute approximate surface area is 90.5 Å². The molecule has 0 aromatic carbocycles. The van der Waals surface area contributed by atoms with E-state index < -0.39 is 14.1 Å². The van der Waals surface area contributed by atoms with Crippen molar-refractivity contribution in [2.75, 3.05) is 13.2 Å². The maximum absolute atomic E-state index is 5.66. The quantitative estimate of drug-likeness (QED) is 0.336. The van der Waals surface area contributed by atoms with Gasteiger partial charge in [-0.3, -0.25) is 0 Å². The maximum atomic E-state index is 5.66. The highest BCUT2D eigenvalue weighted by molar-refractivity contribution is 14.1. The van der Waals surface area contributed by atoms with E-state index in [-0.39, 0.29) is 0 Å². The summed E-state index contributed by atoms with van der Waals surface area (Å²) in [7, 11) is -1.32. The van der Waals surface area contributed by atoms with Crippen LogP contribution in [0.1, 0.15) is 0 Å². The lowest BCUT2D eigenvalue weighted by Gasteiger charge is -2.19. The molecule has 0 N–H and O–H groups in total. The van der Waals surface area contributed by atoms with E-state index in [0.717, 1.165) is 13.2 Å². The molecule has 0 rings (SSSR count). The summed E-state index contributed by atoms with van der Waals surface area (Å²) in [5.74, 6) is -1.35. The van der Waals surface area contributed by atoms with Crippen LogP contribution >= 0.6 is 21.8 Å². The Bertz CT molecular complexity index is 112. The highest BCUT2D eigenvalue weighted by atomic mass is 127. The first kappa shape index (κ1) is 13.1. The summed E-state index contributed by atoms with van der Waals surface area (Å²) < 4.78 is 11.3. The zero-order valence-corrected chi connectivity index (χ0v) is 12.8. The average molecular weight is 318 g/mol. The molecule has 0 heterocycles. The minimum Gasteiger partial charge on any atom is -0.415 e. The average Bonchev–Trinajstić information content (AvgIpc) is 1.76. The molecule has 0 bridgehead atoms. The fourth-order valence-corrected chi connectivity index (χ4v) is 2.56. The van der Waals surface area contributed by atoms with Crippen LogP contribution in [0.5, 0.6) is 0 Å². The fourth-order valence-electron chi connectivity index (χ4n) is 0.632. The van der Waals surface area contributed by atoms with E-state index in [1.165, 1.54) is 0 Å². The number of hydrogen-bond donors (Lipinski definition) is 0. The van der Waals surface area contributed by atoms with Crippen molar-refractivity contribution < 1.29 is 8.85 Å². The zero-order valence-electron chi connectivity index (χ0n) is 8.61. The summed E-state index contributed by atoms with van der Waals surface area (Å²) >= 11 is 2.41. The van der Waals surface area contributed by atoms with Crippen molar-refractivity contribution in [2.24, 2.45) is 0 Å². The lowest BCUT2D eigenvalue weighted by atomic mass is 10.8. The lowest BCUT2D eigenvalue weighted by molar-refractivity contribution is 0.213. The third kappa shape index (κ3) is 11.1. The molecule has 0 amide bonds. The molecule has 2 nitrogen and oxygen atoms in total. The van der Waals surface area contributed by atoms with E-state index in [2.05, 4.69) is 54.5 Å². The minimum atomic E-state index is -1.35. The molecule has 0 spiro atoms. The second kappa shape index (κ2) is 5.09. The van der Waals surface area contributed by atoms with E-state index in [1.54, 1.807) is 0 Å². The Balaban J connectivity index is 3.35. The van der Waals surface area contributed by atoms with Crippen molar-refractivity contribution in [3.8, 4) is 0 Å². The molecule has 5 heteroatoms. The van der Waals surface area contributed by atoms with Crippen LogP contribution in [0.25, 0.3) is 0 Å². The first-order chi connectivity index (χ1) is 5.21. The molecule has 0 atom stereocenters. The van der Waals surface area contributed by atoms with Crippen LogP contribution < -0.4 is 0 Å². The van der Waals surface area contributed by atoms with Gasteiger partial charge in [-0.05, 0) is 32.7 Å². The fraction of sp³-hybridized carbons (Fsp3) is 1.00. The summed E-state index contributed by atoms with van der Waals surface area (Å²) in [6.45, 7) is 12.5. The molecule has 0 unspecified atom stereocenters. The van der Waals surface area contributed by atoms with Gasteiger partial charge >= 0.3 is 0 Å². The van der Waals surface area contributed by atoms with Crippen LogP contribution in [0.2, 0.25) is 32.7 Å². The van der Waals surface area contributed by atoms with Gasteiger partial charge in [-0.2, -0.15) is 0 Å². The summed E-state index contributed by atoms with van der Waals surface area (Å²) in [4.78, 5) is 0. The summed E-state index contributed by atoms with van der Waals surface area (Å²) in [5, 5.41) is 0. The van der Waals surface area contributed by atoms with Crippen molar-refractivity contribution in [3.63, 3.8) is 0 Å². The standard InChI is InChI=1S/C7H19IO2Si2/c1-11(2,3)9-6-7-10-12(4,5)8/h6-7H2,1-5H3. The Morgan fingerprint density at radius 2 is 1.33 bits per heavy atom. The van der Waals surface area contributed by atoms with E-state index in [1.807, 2.05) is 0 Å². The van der Waals surface area contributed by atoms with Crippen molar-refractivity contribution in [1.82, 2.24) is 0 Å². The summed E-state index contributed by atoms with van der Waals surface area (Å²) in [5.41, 5.74) is 0. The Morgan fingerprint density at radius 3 is 1.67 bits per heavy atom. The van der Waals surface area contributed by atoms with E-state index in [4.69, 9.17) is 8.85 Å². The molecule has 74 valence electrons. The van der Waals surface area contributed by atoms with E-state index >= 15 is 0 Å². The van der Waals surface area contributed by atoms with Gasteiger partial charge in [-0.15, -0.1) is 0 Å². The normalized spacial score (nSPS) is 13.5. The van der Waals surface area contributed by atoms with Gasteiger partial charge in [-0.25, -0.2) is 0 Å². The van der Waals surface area contributed by atoms with Gasteiger partial charge in [0.05, 0.1) is 13.2 Å². The second-order valence-corrected chi connectivity index (χ2v) is 19.5. The van der Waals surface area contributed by atoms with Gasteiger partial charge in [0.1, 0.15) is 0 Å². The Morgan fingerprint density at radius 1 is 0.917 bits per heavy atom. The lowest BCUT2D eigenvalue weighted by Crippen LogP contribution is -2.30.